The van der Waals surface area contributed by atoms with Gasteiger partial charge in [0, 0.05) is 33.9 Å². The Kier molecular flexibility index (Phi) is 4.54. The number of carboxylic acids is 1. The van der Waals surface area contributed by atoms with Crippen molar-refractivity contribution in [1.29, 1.82) is 0 Å². The number of nitrogens with one attached hydrogen (secondary N) is 2. The van der Waals surface area contributed by atoms with E-state index in [-0.39, 0.29) is 18.2 Å². The maximum absolute atomic E-state index is 14.5. The Hall–Kier alpha value is -3.60. The van der Waals surface area contributed by atoms with E-state index in [2.05, 4.69) is 48.1 Å². The smallest absolute Gasteiger partial charge is 0.309 e. The minimum Gasteiger partial charge on any atom is -0.481 e. The third-order valence-corrected chi connectivity index (χ3v) is 6.01. The monoisotopic (exact) mass is 414 g/mol. The summed E-state index contributed by atoms with van der Waals surface area (Å²) in [6.45, 7) is 4.18. The summed E-state index contributed by atoms with van der Waals surface area (Å²) < 4.78 is 14.5. The molecule has 156 valence electrons. The average Bonchev–Trinajstić information content (AvgIpc) is 3.44. The Morgan fingerprint density at radius 3 is 2.81 bits per heavy atom. The van der Waals surface area contributed by atoms with Gasteiger partial charge in [0.15, 0.2) is 0 Å². The SMILES string of the molecule is CC(C)c1c(-c2cc(F)cc3[nH]ccc23)[nH]c(CC(=O)O)c1-c1cccc2c1C=CC2. The molecule has 0 atom stereocenters. The van der Waals surface area contributed by atoms with Crippen LogP contribution < -0.4 is 0 Å². The van der Waals surface area contributed by atoms with Crippen molar-refractivity contribution in [3.63, 3.8) is 0 Å². The number of aromatic nitrogens is 2. The molecule has 2 aromatic carbocycles. The Bertz CT molecular complexity index is 1360. The van der Waals surface area contributed by atoms with Gasteiger partial charge in [0.25, 0.3) is 0 Å². The molecule has 5 heteroatoms. The van der Waals surface area contributed by atoms with Crippen LogP contribution in [0.4, 0.5) is 4.39 Å². The van der Waals surface area contributed by atoms with Gasteiger partial charge in [-0.15, -0.1) is 0 Å². The predicted molar refractivity (Wildman–Crippen MR) is 122 cm³/mol. The van der Waals surface area contributed by atoms with Crippen LogP contribution in [-0.4, -0.2) is 21.0 Å². The molecule has 1 aliphatic rings. The number of allylic oxidation sites excluding steroid dienone is 1. The second-order valence-corrected chi connectivity index (χ2v) is 8.37. The molecule has 1 aliphatic carbocycles. The number of fused-ring (bicyclic) bond motifs is 2. The van der Waals surface area contributed by atoms with Crippen LogP contribution in [0, 0.1) is 5.82 Å². The lowest BCUT2D eigenvalue weighted by atomic mass is 9.87. The summed E-state index contributed by atoms with van der Waals surface area (Å²) in [5.74, 6) is -1.14. The fraction of sp³-hybridized carbons (Fsp3) is 0.192. The lowest BCUT2D eigenvalue weighted by Gasteiger charge is -2.15. The van der Waals surface area contributed by atoms with Crippen molar-refractivity contribution in [1.82, 2.24) is 9.97 Å². The van der Waals surface area contributed by atoms with Crippen molar-refractivity contribution in [2.24, 2.45) is 0 Å². The number of benzene rings is 2. The predicted octanol–water partition coefficient (Wildman–Crippen LogP) is 6.29. The van der Waals surface area contributed by atoms with Gasteiger partial charge < -0.3 is 15.1 Å². The second-order valence-electron chi connectivity index (χ2n) is 8.37. The quantitative estimate of drug-likeness (QED) is 0.359. The molecule has 0 saturated heterocycles. The van der Waals surface area contributed by atoms with E-state index in [0.717, 1.165) is 45.3 Å². The van der Waals surface area contributed by atoms with Crippen LogP contribution in [0.5, 0.6) is 0 Å². The van der Waals surface area contributed by atoms with Gasteiger partial charge >= 0.3 is 5.97 Å². The molecule has 4 nitrogen and oxygen atoms in total. The number of hydrogen-bond donors (Lipinski definition) is 3. The summed E-state index contributed by atoms with van der Waals surface area (Å²) in [6.07, 6.45) is 6.77. The van der Waals surface area contributed by atoms with Gasteiger partial charge in [-0.05, 0) is 52.8 Å². The molecular weight excluding hydrogens is 391 g/mol. The molecule has 5 rings (SSSR count). The zero-order chi connectivity index (χ0) is 21.7. The minimum absolute atomic E-state index is 0.0993. The standard InChI is InChI=1S/C26H23FN2O2/c1-14(2)24-25(19-8-4-6-15-5-3-7-17(15)19)22(13-23(30)31)29-26(24)20-11-16(27)12-21-18(20)9-10-28-21/h3-4,6-12,14,28-29H,5,13H2,1-2H3,(H,30,31). The highest BCUT2D eigenvalue weighted by Gasteiger charge is 2.26. The lowest BCUT2D eigenvalue weighted by Crippen LogP contribution is -2.03. The van der Waals surface area contributed by atoms with Gasteiger partial charge in [-0.2, -0.15) is 0 Å². The van der Waals surface area contributed by atoms with Gasteiger partial charge in [0.2, 0.25) is 0 Å². The maximum Gasteiger partial charge on any atom is 0.309 e. The van der Waals surface area contributed by atoms with Crippen molar-refractivity contribution in [2.45, 2.75) is 32.6 Å². The average molecular weight is 414 g/mol. The molecule has 0 fully saturated rings. The molecule has 0 amide bonds. The van der Waals surface area contributed by atoms with E-state index < -0.39 is 5.97 Å². The number of carbonyl (C=O) groups is 1. The van der Waals surface area contributed by atoms with Crippen LogP contribution in [0.15, 0.2) is 48.7 Å². The van der Waals surface area contributed by atoms with E-state index in [1.165, 1.54) is 17.7 Å². The molecule has 0 radical (unpaired) electrons. The topological polar surface area (TPSA) is 68.9 Å². The zero-order valence-corrected chi connectivity index (χ0v) is 17.4. The molecule has 4 aromatic rings. The van der Waals surface area contributed by atoms with Gasteiger partial charge in [-0.3, -0.25) is 4.79 Å². The van der Waals surface area contributed by atoms with Crippen LogP contribution >= 0.6 is 0 Å². The van der Waals surface area contributed by atoms with Gasteiger partial charge in [0.1, 0.15) is 5.82 Å². The molecular formula is C26H23FN2O2. The van der Waals surface area contributed by atoms with E-state index >= 15 is 0 Å². The molecule has 3 N–H and O–H groups in total. The van der Waals surface area contributed by atoms with E-state index in [1.54, 1.807) is 6.20 Å². The third kappa shape index (κ3) is 3.17. The fourth-order valence-corrected chi connectivity index (χ4v) is 4.80. The zero-order valence-electron chi connectivity index (χ0n) is 17.4. The summed E-state index contributed by atoms with van der Waals surface area (Å²) in [5.41, 5.74) is 8.20. The number of H-pyrrole nitrogens is 2. The number of hydrogen-bond acceptors (Lipinski definition) is 1. The first kappa shape index (κ1) is 19.4. The van der Waals surface area contributed by atoms with Crippen molar-refractivity contribution >= 4 is 22.9 Å². The van der Waals surface area contributed by atoms with Crippen molar-refractivity contribution in [3.05, 3.63) is 76.9 Å². The van der Waals surface area contributed by atoms with Crippen LogP contribution in [0.2, 0.25) is 0 Å². The first-order valence-electron chi connectivity index (χ1n) is 10.5. The highest BCUT2D eigenvalue weighted by Crippen LogP contribution is 2.44. The Morgan fingerprint density at radius 2 is 2.03 bits per heavy atom. The highest BCUT2D eigenvalue weighted by molar-refractivity contribution is 5.98. The molecule has 0 aliphatic heterocycles. The van der Waals surface area contributed by atoms with Crippen molar-refractivity contribution in [3.8, 4) is 22.4 Å². The van der Waals surface area contributed by atoms with Crippen molar-refractivity contribution in [2.75, 3.05) is 0 Å². The third-order valence-electron chi connectivity index (χ3n) is 6.01. The fourth-order valence-electron chi connectivity index (χ4n) is 4.80. The van der Waals surface area contributed by atoms with Crippen LogP contribution in [0.25, 0.3) is 39.4 Å². The molecule has 0 spiro atoms. The number of rotatable bonds is 5. The highest BCUT2D eigenvalue weighted by atomic mass is 19.1. The molecule has 0 saturated carbocycles. The summed E-state index contributed by atoms with van der Waals surface area (Å²) in [4.78, 5) is 18.2. The second kappa shape index (κ2) is 7.27. The summed E-state index contributed by atoms with van der Waals surface area (Å²) in [6, 6.07) is 11.1. The van der Waals surface area contributed by atoms with Crippen LogP contribution in [0.1, 0.15) is 42.1 Å². The normalized spacial score (nSPS) is 12.8. The molecule has 0 unspecified atom stereocenters. The van der Waals surface area contributed by atoms with Gasteiger partial charge in [-0.25, -0.2) is 4.39 Å². The number of halogens is 1. The largest absolute Gasteiger partial charge is 0.481 e. The van der Waals surface area contributed by atoms with Gasteiger partial charge in [0.05, 0.1) is 12.1 Å². The number of carboxylic acid groups (broad SMARTS) is 1. The number of aromatic amines is 2. The van der Waals surface area contributed by atoms with Gasteiger partial charge in [-0.1, -0.05) is 44.2 Å². The minimum atomic E-state index is -0.904. The lowest BCUT2D eigenvalue weighted by molar-refractivity contribution is -0.136. The number of aliphatic carboxylic acids is 1. The summed E-state index contributed by atoms with van der Waals surface area (Å²) in [7, 11) is 0. The molecule has 2 aromatic heterocycles. The van der Waals surface area contributed by atoms with E-state index in [9.17, 15) is 14.3 Å². The Morgan fingerprint density at radius 1 is 1.19 bits per heavy atom. The summed E-state index contributed by atoms with van der Waals surface area (Å²) in [5, 5.41) is 10.5. The van der Waals surface area contributed by atoms with E-state index in [1.807, 2.05) is 12.1 Å². The Labute approximate surface area is 179 Å². The summed E-state index contributed by atoms with van der Waals surface area (Å²) >= 11 is 0. The van der Waals surface area contributed by atoms with Crippen molar-refractivity contribution < 1.29 is 14.3 Å². The van der Waals surface area contributed by atoms with E-state index in [4.69, 9.17) is 0 Å². The first-order chi connectivity index (χ1) is 14.9. The molecule has 2 heterocycles. The molecule has 31 heavy (non-hydrogen) atoms. The van der Waals surface area contributed by atoms with E-state index in [0.29, 0.717) is 11.2 Å². The van der Waals surface area contributed by atoms with Crippen LogP contribution in [-0.2, 0) is 17.6 Å². The Balaban J connectivity index is 1.86. The maximum atomic E-state index is 14.5. The van der Waals surface area contributed by atoms with Crippen LogP contribution in [0.3, 0.4) is 0 Å². The first-order valence-corrected chi connectivity index (χ1v) is 10.5. The molecule has 0 bridgehead atoms.